The number of hydrogen-bond donors (Lipinski definition) is 1. The third-order valence-electron chi connectivity index (χ3n) is 3.48. The van der Waals surface area contributed by atoms with Crippen LogP contribution in [0.25, 0.3) is 0 Å². The summed E-state index contributed by atoms with van der Waals surface area (Å²) in [6, 6.07) is 10.9. The Kier molecular flexibility index (Phi) is 6.37. The second kappa shape index (κ2) is 8.34. The van der Waals surface area contributed by atoms with E-state index < -0.39 is 30.4 Å². The largest absolute Gasteiger partial charge is 0.467 e. The van der Waals surface area contributed by atoms with Crippen molar-refractivity contribution in [1.82, 2.24) is 0 Å². The molecule has 0 heterocycles. The first-order valence-corrected chi connectivity index (χ1v) is 7.68. The van der Waals surface area contributed by atoms with Gasteiger partial charge in [0.1, 0.15) is 5.75 Å². The van der Waals surface area contributed by atoms with E-state index in [0.29, 0.717) is 12.2 Å². The third kappa shape index (κ3) is 5.16. The Bertz CT molecular complexity index is 764. The molecule has 146 valence electrons. The minimum atomic E-state index is -5.00. The van der Waals surface area contributed by atoms with Crippen molar-refractivity contribution in [2.45, 2.75) is 18.6 Å². The Morgan fingerprint density at radius 1 is 1.00 bits per heavy atom. The molecule has 0 aliphatic carbocycles. The van der Waals surface area contributed by atoms with E-state index >= 15 is 0 Å². The van der Waals surface area contributed by atoms with Gasteiger partial charge in [0.25, 0.3) is 5.91 Å². The molecule has 2 rings (SSSR count). The molecule has 2 aromatic rings. The van der Waals surface area contributed by atoms with Gasteiger partial charge in [0.2, 0.25) is 0 Å². The Morgan fingerprint density at radius 2 is 1.59 bits per heavy atom. The van der Waals surface area contributed by atoms with E-state index in [4.69, 9.17) is 4.74 Å². The summed E-state index contributed by atoms with van der Waals surface area (Å²) in [5.41, 5.74) is 1.46. The van der Waals surface area contributed by atoms with Gasteiger partial charge in [-0.05, 0) is 42.0 Å². The molecule has 9 heteroatoms. The van der Waals surface area contributed by atoms with Gasteiger partial charge < -0.3 is 14.8 Å². The number of rotatable bonds is 8. The monoisotopic (exact) mass is 389 g/mol. The minimum Gasteiger partial charge on any atom is -0.428 e. The number of amides is 1. The minimum absolute atomic E-state index is 0.230. The lowest BCUT2D eigenvalue weighted by atomic mass is 10.1. The molecule has 0 aliphatic heterocycles. The van der Waals surface area contributed by atoms with Crippen molar-refractivity contribution >= 4 is 11.6 Å². The molecule has 2 aromatic carbocycles. The van der Waals surface area contributed by atoms with Gasteiger partial charge in [-0.3, -0.25) is 4.79 Å². The number of carbonyl (C=O) groups is 1. The molecule has 0 bridgehead atoms. The third-order valence-corrected chi connectivity index (χ3v) is 3.48. The lowest BCUT2D eigenvalue weighted by Crippen LogP contribution is -2.46. The number of anilines is 1. The van der Waals surface area contributed by atoms with Crippen molar-refractivity contribution in [3.05, 3.63) is 59.7 Å². The fraction of sp³-hybridized carbons (Fsp3) is 0.278. The van der Waals surface area contributed by atoms with Crippen molar-refractivity contribution in [2.24, 2.45) is 0 Å². The number of ether oxygens (including phenoxy) is 2. The first-order valence-electron chi connectivity index (χ1n) is 7.68. The van der Waals surface area contributed by atoms with Crippen LogP contribution in [0.2, 0.25) is 0 Å². The van der Waals surface area contributed by atoms with Crippen LogP contribution in [0.3, 0.4) is 0 Å². The fourth-order valence-corrected chi connectivity index (χ4v) is 2.03. The van der Waals surface area contributed by atoms with Crippen LogP contribution in [0.4, 0.5) is 27.6 Å². The summed E-state index contributed by atoms with van der Waals surface area (Å²) in [5.74, 6) is -6.01. The predicted molar refractivity (Wildman–Crippen MR) is 88.0 cm³/mol. The molecule has 0 aliphatic rings. The first kappa shape index (κ1) is 20.6. The van der Waals surface area contributed by atoms with Crippen molar-refractivity contribution in [1.29, 1.82) is 0 Å². The van der Waals surface area contributed by atoms with Crippen LogP contribution >= 0.6 is 0 Å². The molecular formula is C18H16F5NO3. The lowest BCUT2D eigenvalue weighted by Gasteiger charge is -2.24. The maximum atomic E-state index is 13.2. The molecule has 1 N–H and O–H groups in total. The predicted octanol–water partition coefficient (Wildman–Crippen LogP) is 4.66. The van der Waals surface area contributed by atoms with E-state index in [9.17, 15) is 26.7 Å². The van der Waals surface area contributed by atoms with E-state index in [0.717, 1.165) is 17.7 Å². The van der Waals surface area contributed by atoms with Gasteiger partial charge in [-0.2, -0.15) is 17.6 Å². The molecule has 0 aromatic heterocycles. The van der Waals surface area contributed by atoms with E-state index in [1.165, 1.54) is 12.1 Å². The van der Waals surface area contributed by atoms with E-state index in [2.05, 4.69) is 10.1 Å². The summed E-state index contributed by atoms with van der Waals surface area (Å²) >= 11 is 0. The molecule has 0 fully saturated rings. The summed E-state index contributed by atoms with van der Waals surface area (Å²) < 4.78 is 73.0. The highest BCUT2D eigenvalue weighted by Crippen LogP contribution is 2.36. The van der Waals surface area contributed by atoms with Gasteiger partial charge in [0.15, 0.2) is 6.67 Å². The summed E-state index contributed by atoms with van der Waals surface area (Å²) in [4.78, 5) is 12.1. The molecule has 1 amide bonds. The number of benzene rings is 2. The topological polar surface area (TPSA) is 47.6 Å². The van der Waals surface area contributed by atoms with Crippen LogP contribution in [0, 0.1) is 0 Å². The molecule has 4 nitrogen and oxygen atoms in total. The zero-order valence-corrected chi connectivity index (χ0v) is 14.1. The molecule has 0 unspecified atom stereocenters. The fourth-order valence-electron chi connectivity index (χ4n) is 2.03. The average molecular weight is 389 g/mol. The highest BCUT2D eigenvalue weighted by Gasteiger charge is 2.59. The molecule has 0 radical (unpaired) electrons. The highest BCUT2D eigenvalue weighted by molar-refractivity contribution is 6.04. The Balaban J connectivity index is 2.02. The van der Waals surface area contributed by atoms with Crippen LogP contribution in [-0.4, -0.2) is 31.7 Å². The second-order valence-corrected chi connectivity index (χ2v) is 5.57. The molecule has 0 spiro atoms. The highest BCUT2D eigenvalue weighted by atomic mass is 19.3. The van der Waals surface area contributed by atoms with Gasteiger partial charge in [-0.25, -0.2) is 4.39 Å². The maximum Gasteiger partial charge on any atom is 0.467 e. The number of halogens is 5. The van der Waals surface area contributed by atoms with Gasteiger partial charge in [-0.15, -0.1) is 0 Å². The molecule has 0 atom stereocenters. The zero-order valence-electron chi connectivity index (χ0n) is 14.1. The van der Waals surface area contributed by atoms with Crippen LogP contribution in [0.1, 0.15) is 15.9 Å². The number of alkyl halides is 5. The lowest BCUT2D eigenvalue weighted by molar-refractivity contribution is -0.312. The average Bonchev–Trinajstić information content (AvgIpc) is 2.63. The van der Waals surface area contributed by atoms with Gasteiger partial charge in [0.05, 0.1) is 6.61 Å². The van der Waals surface area contributed by atoms with Gasteiger partial charge in [0, 0.05) is 18.4 Å². The van der Waals surface area contributed by atoms with Crippen LogP contribution < -0.4 is 10.1 Å². The second-order valence-electron chi connectivity index (χ2n) is 5.57. The van der Waals surface area contributed by atoms with E-state index in [-0.39, 0.29) is 5.69 Å². The summed E-state index contributed by atoms with van der Waals surface area (Å²) in [6.45, 7) is -2.16. The number of carbonyl (C=O) groups excluding carboxylic acids is 1. The normalized spacial score (nSPS) is 11.9. The van der Waals surface area contributed by atoms with Crippen LogP contribution in [0.15, 0.2) is 48.5 Å². The SMILES string of the molecule is COCc1ccc(C(=O)Nc2ccc(OC(F)(F)C(F)(F)CF)cc2)cc1. The Labute approximate surface area is 151 Å². The summed E-state index contributed by atoms with van der Waals surface area (Å²) in [6.07, 6.45) is -5.00. The Morgan fingerprint density at radius 3 is 2.11 bits per heavy atom. The number of hydrogen-bond acceptors (Lipinski definition) is 3. The zero-order chi connectivity index (χ0) is 20.1. The first-order chi connectivity index (χ1) is 12.7. The van der Waals surface area contributed by atoms with Crippen LogP contribution in [-0.2, 0) is 11.3 Å². The molecule has 27 heavy (non-hydrogen) atoms. The van der Waals surface area contributed by atoms with E-state index in [1.54, 1.807) is 31.4 Å². The van der Waals surface area contributed by atoms with Crippen molar-refractivity contribution < 1.29 is 36.2 Å². The standard InChI is InChI=1S/C18H16F5NO3/c1-26-10-12-2-4-13(5-3-12)16(25)24-14-6-8-15(9-7-14)27-18(22,23)17(20,21)11-19/h2-9H,10-11H2,1H3,(H,24,25). The number of nitrogens with one attached hydrogen (secondary N) is 1. The molecule has 0 saturated heterocycles. The molecule has 0 saturated carbocycles. The van der Waals surface area contributed by atoms with Crippen molar-refractivity contribution in [3.63, 3.8) is 0 Å². The van der Waals surface area contributed by atoms with Gasteiger partial charge in [-0.1, -0.05) is 12.1 Å². The van der Waals surface area contributed by atoms with Gasteiger partial charge >= 0.3 is 12.0 Å². The summed E-state index contributed by atoms with van der Waals surface area (Å²) in [5, 5.41) is 2.52. The number of methoxy groups -OCH3 is 1. The maximum absolute atomic E-state index is 13.2. The smallest absolute Gasteiger partial charge is 0.428 e. The summed E-state index contributed by atoms with van der Waals surface area (Å²) in [7, 11) is 1.54. The van der Waals surface area contributed by atoms with E-state index in [1.807, 2.05) is 0 Å². The van der Waals surface area contributed by atoms with Crippen molar-refractivity contribution in [3.8, 4) is 5.75 Å². The Hall–Kier alpha value is -2.68. The quantitative estimate of drug-likeness (QED) is 0.668. The van der Waals surface area contributed by atoms with Crippen molar-refractivity contribution in [2.75, 3.05) is 19.1 Å². The molecular weight excluding hydrogens is 373 g/mol. The van der Waals surface area contributed by atoms with Crippen LogP contribution in [0.5, 0.6) is 5.75 Å².